The number of hydrogen-bond acceptors (Lipinski definition) is 3. The van der Waals surface area contributed by atoms with Gasteiger partial charge in [0, 0.05) is 6.42 Å². The maximum absolute atomic E-state index is 12.8. The van der Waals surface area contributed by atoms with Gasteiger partial charge in [0.2, 0.25) is 0 Å². The second-order valence-corrected chi connectivity index (χ2v) is 14.9. The molecule has 0 heterocycles. The molecule has 0 saturated carbocycles. The summed E-state index contributed by atoms with van der Waals surface area (Å²) >= 11 is 0. The van der Waals surface area contributed by atoms with Crippen molar-refractivity contribution in [1.82, 2.24) is 0 Å². The first-order valence-corrected chi connectivity index (χ1v) is 19.1. The van der Waals surface area contributed by atoms with Gasteiger partial charge in [-0.3, -0.25) is 4.79 Å². The number of aliphatic hydroxyl groups excluding tert-OH is 1. The average molecular weight is 610 g/mol. The molecule has 0 amide bonds. The van der Waals surface area contributed by atoms with Gasteiger partial charge in [0.1, 0.15) is 0 Å². The monoisotopic (exact) mass is 610 g/mol. The highest BCUT2D eigenvalue weighted by Crippen LogP contribution is 2.25. The number of allylic oxidation sites excluding steroid dienone is 2. The Bertz CT molecular complexity index is 670. The van der Waals surface area contributed by atoms with Crippen molar-refractivity contribution in [3.63, 3.8) is 0 Å². The first-order valence-electron chi connectivity index (χ1n) is 18.1. The highest BCUT2D eigenvalue weighted by atomic mass is 31.1. The standard InChI is InChI=1S/C37H72NO3P/c1-6-8-10-12-14-16-18-19-20-21-23-25-27-29-31-33-35(40)42-37(38(3,4)5)36(41)34(39)32-30-28-26-24-22-17-15-13-11-9-7-2/h19-20,36-37,41H,6-18,21-33H2,1-5H3/b20-19-. The van der Waals surface area contributed by atoms with Gasteiger partial charge in [0.25, 0.3) is 0 Å². The first kappa shape index (κ1) is 41.5. The molecule has 0 aliphatic heterocycles. The number of carbonyl (C=O) groups excluding carboxylic acids is 1. The summed E-state index contributed by atoms with van der Waals surface area (Å²) in [5, 5.41) is 23.7. The van der Waals surface area contributed by atoms with Gasteiger partial charge in [-0.05, 0) is 38.5 Å². The van der Waals surface area contributed by atoms with E-state index < -0.39 is 6.10 Å². The lowest BCUT2D eigenvalue weighted by Crippen LogP contribution is -2.51. The number of aliphatic hydroxyl groups is 1. The molecule has 0 saturated heterocycles. The summed E-state index contributed by atoms with van der Waals surface area (Å²) in [7, 11) is 6.52. The van der Waals surface area contributed by atoms with Crippen LogP contribution in [0.2, 0.25) is 0 Å². The summed E-state index contributed by atoms with van der Waals surface area (Å²) in [4.78, 5) is 12.8. The summed E-state index contributed by atoms with van der Waals surface area (Å²) in [5.74, 6) is -0.480. The van der Waals surface area contributed by atoms with E-state index >= 15 is 0 Å². The highest BCUT2D eigenvalue weighted by Gasteiger charge is 2.34. The molecular formula is C37H72NO3P. The van der Waals surface area contributed by atoms with Crippen LogP contribution in [0.15, 0.2) is 12.2 Å². The van der Waals surface area contributed by atoms with Crippen LogP contribution in [-0.4, -0.2) is 53.9 Å². The Kier molecular flexibility index (Phi) is 28.8. The van der Waals surface area contributed by atoms with E-state index in [1.165, 1.54) is 128 Å². The normalized spacial score (nSPS) is 14.1. The minimum absolute atomic E-state index is 0.0923. The zero-order chi connectivity index (χ0) is 31.3. The fourth-order valence-corrected chi connectivity index (χ4v) is 6.74. The van der Waals surface area contributed by atoms with Crippen LogP contribution in [0.25, 0.3) is 0 Å². The summed E-state index contributed by atoms with van der Waals surface area (Å²) in [5.41, 5.74) is 0.159. The van der Waals surface area contributed by atoms with Crippen LogP contribution in [0.4, 0.5) is 0 Å². The van der Waals surface area contributed by atoms with Crippen LogP contribution in [0.5, 0.6) is 0 Å². The Balaban J connectivity index is 4.09. The molecule has 0 aliphatic carbocycles. The van der Waals surface area contributed by atoms with Gasteiger partial charge >= 0.3 is 0 Å². The van der Waals surface area contributed by atoms with Crippen molar-refractivity contribution in [1.29, 1.82) is 0 Å². The second kappa shape index (κ2) is 29.2. The Labute approximate surface area is 264 Å². The van der Waals surface area contributed by atoms with Crippen LogP contribution in [0.1, 0.15) is 181 Å². The van der Waals surface area contributed by atoms with E-state index in [0.29, 0.717) is 25.5 Å². The molecule has 5 heteroatoms. The molecule has 0 radical (unpaired) electrons. The number of Topliss-reactive ketones (excluding diaryl/α,β-unsaturated/α-hetero) is 1. The Morgan fingerprint density at radius 3 is 1.38 bits per heavy atom. The molecule has 0 aromatic carbocycles. The number of unbranched alkanes of at least 4 members (excludes halogenated alkanes) is 21. The predicted octanol–water partition coefficient (Wildman–Crippen LogP) is 10.1. The van der Waals surface area contributed by atoms with Crippen molar-refractivity contribution in [2.24, 2.45) is 0 Å². The summed E-state index contributed by atoms with van der Waals surface area (Å²) < 4.78 is 0.421. The minimum Gasteiger partial charge on any atom is -0.827 e. The first-order chi connectivity index (χ1) is 20.2. The van der Waals surface area contributed by atoms with E-state index in [-0.39, 0.29) is 17.0 Å². The number of carbonyl (C=O) groups is 1. The summed E-state index contributed by atoms with van der Waals surface area (Å²) in [6, 6.07) is 0. The molecule has 0 bridgehead atoms. The Hall–Kier alpha value is -0.540. The molecule has 0 rings (SSSR count). The van der Waals surface area contributed by atoms with Crippen LogP contribution in [-0.2, 0) is 4.79 Å². The largest absolute Gasteiger partial charge is 0.827 e. The zero-order valence-corrected chi connectivity index (χ0v) is 29.7. The third-order valence-corrected chi connectivity index (χ3v) is 10.1. The van der Waals surface area contributed by atoms with E-state index in [9.17, 15) is 15.0 Å². The van der Waals surface area contributed by atoms with Crippen LogP contribution >= 0.6 is 8.20 Å². The predicted molar refractivity (Wildman–Crippen MR) is 185 cm³/mol. The maximum atomic E-state index is 12.8. The van der Waals surface area contributed by atoms with Crippen molar-refractivity contribution in [2.45, 2.75) is 193 Å². The number of likely N-dealkylation sites (N-methyl/N-ethyl adjacent to an activating group) is 1. The molecule has 0 spiro atoms. The van der Waals surface area contributed by atoms with Crippen molar-refractivity contribution < 1.29 is 19.5 Å². The highest BCUT2D eigenvalue weighted by molar-refractivity contribution is 7.40. The molecule has 0 aromatic rings. The number of rotatable bonds is 31. The fourth-order valence-electron chi connectivity index (χ4n) is 5.50. The van der Waals surface area contributed by atoms with Crippen LogP contribution in [0.3, 0.4) is 0 Å². The molecule has 0 fully saturated rings. The third-order valence-electron chi connectivity index (χ3n) is 8.36. The Morgan fingerprint density at radius 2 is 0.976 bits per heavy atom. The van der Waals surface area contributed by atoms with Crippen LogP contribution < -0.4 is 5.11 Å². The molecule has 2 unspecified atom stereocenters. The molecule has 1 N–H and O–H groups in total. The third kappa shape index (κ3) is 25.9. The fraction of sp³-hybridized carbons (Fsp3) is 0.892. The SMILES string of the molecule is CCCCCCCC/C=C\CCCCCCCC([O-])=PC(C(O)C(=O)CCCCCCCCCCCCC)[N+](C)(C)C. The number of ketones is 1. The van der Waals surface area contributed by atoms with E-state index in [1.807, 2.05) is 21.1 Å². The molecule has 248 valence electrons. The van der Waals surface area contributed by atoms with E-state index in [2.05, 4.69) is 26.0 Å². The molecule has 0 aromatic heterocycles. The average Bonchev–Trinajstić information content (AvgIpc) is 2.95. The topological polar surface area (TPSA) is 60.4 Å². The van der Waals surface area contributed by atoms with E-state index in [4.69, 9.17) is 0 Å². The van der Waals surface area contributed by atoms with E-state index in [1.54, 1.807) is 0 Å². The lowest BCUT2D eigenvalue weighted by molar-refractivity contribution is -0.883. The van der Waals surface area contributed by atoms with Gasteiger partial charge in [-0.25, -0.2) is 0 Å². The number of hydrogen-bond donors (Lipinski definition) is 1. The molecule has 2 atom stereocenters. The Morgan fingerprint density at radius 1 is 0.619 bits per heavy atom. The van der Waals surface area contributed by atoms with Gasteiger partial charge < -0.3 is 14.7 Å². The second-order valence-electron chi connectivity index (χ2n) is 13.6. The molecule has 42 heavy (non-hydrogen) atoms. The van der Waals surface area contributed by atoms with Crippen molar-refractivity contribution in [3.8, 4) is 0 Å². The van der Waals surface area contributed by atoms with Crippen molar-refractivity contribution >= 4 is 19.5 Å². The smallest absolute Gasteiger partial charge is 0.172 e. The van der Waals surface area contributed by atoms with Crippen molar-refractivity contribution in [3.05, 3.63) is 12.2 Å². The number of quaternary nitrogens is 1. The number of nitrogens with zero attached hydrogens (tertiary/aromatic N) is 1. The lowest BCUT2D eigenvalue weighted by Gasteiger charge is -2.35. The van der Waals surface area contributed by atoms with Gasteiger partial charge in [-0.1, -0.05) is 156 Å². The van der Waals surface area contributed by atoms with Gasteiger partial charge in [-0.15, -0.1) is 5.48 Å². The maximum Gasteiger partial charge on any atom is 0.172 e. The molecular weight excluding hydrogens is 537 g/mol. The van der Waals surface area contributed by atoms with Gasteiger partial charge in [0.15, 0.2) is 17.7 Å². The lowest BCUT2D eigenvalue weighted by atomic mass is 10.0. The van der Waals surface area contributed by atoms with E-state index in [0.717, 1.165) is 25.7 Å². The minimum atomic E-state index is -1.06. The zero-order valence-electron chi connectivity index (χ0n) is 28.9. The van der Waals surface area contributed by atoms with Gasteiger partial charge in [-0.2, -0.15) is 0 Å². The molecule has 4 nitrogen and oxygen atoms in total. The van der Waals surface area contributed by atoms with Crippen LogP contribution in [0, 0.1) is 0 Å². The van der Waals surface area contributed by atoms with Crippen molar-refractivity contribution in [2.75, 3.05) is 21.1 Å². The van der Waals surface area contributed by atoms with Gasteiger partial charge in [0.05, 0.1) is 21.1 Å². The molecule has 0 aliphatic rings. The summed E-state index contributed by atoms with van der Waals surface area (Å²) in [6.45, 7) is 4.52. The quantitative estimate of drug-likeness (QED) is 0.0368. The summed E-state index contributed by atoms with van der Waals surface area (Å²) in [6.07, 6.45) is 34.5.